The molecular weight excluding hydrogens is 997 g/mol. The molecule has 0 spiro atoms. The van der Waals surface area contributed by atoms with Crippen molar-refractivity contribution in [3.05, 3.63) is 72.9 Å². The largest absolute Gasteiger partial charge is 0.462 e. The summed E-state index contributed by atoms with van der Waals surface area (Å²) in [6, 6.07) is 0. The van der Waals surface area contributed by atoms with Crippen LogP contribution in [0.1, 0.15) is 367 Å². The number of ether oxygens (including phenoxy) is 3. The minimum atomic E-state index is -0.778. The molecule has 0 aromatic carbocycles. The van der Waals surface area contributed by atoms with Crippen LogP contribution in [0, 0.1) is 0 Å². The lowest BCUT2D eigenvalue weighted by Gasteiger charge is -2.18. The molecule has 0 bridgehead atoms. The number of hydrogen-bond acceptors (Lipinski definition) is 6. The summed E-state index contributed by atoms with van der Waals surface area (Å²) in [6.45, 7) is 6.57. The van der Waals surface area contributed by atoms with E-state index in [9.17, 15) is 14.4 Å². The van der Waals surface area contributed by atoms with E-state index in [0.29, 0.717) is 19.3 Å². The molecular formula is C75H134O6. The first-order valence-electron chi connectivity index (χ1n) is 35.4. The molecule has 6 heteroatoms. The molecule has 0 radical (unpaired) electrons. The predicted octanol–water partition coefficient (Wildman–Crippen LogP) is 24.4. The molecule has 1 atom stereocenters. The average Bonchev–Trinajstić information content (AvgIpc) is 3.47. The first-order valence-corrected chi connectivity index (χ1v) is 35.4. The predicted molar refractivity (Wildman–Crippen MR) is 353 cm³/mol. The second kappa shape index (κ2) is 69.3. The molecule has 0 fully saturated rings. The molecule has 0 saturated carbocycles. The topological polar surface area (TPSA) is 78.9 Å². The summed E-state index contributed by atoms with van der Waals surface area (Å²) in [7, 11) is 0. The Kier molecular flexibility index (Phi) is 66.6. The zero-order valence-corrected chi connectivity index (χ0v) is 54.1. The highest BCUT2D eigenvalue weighted by Gasteiger charge is 2.19. The van der Waals surface area contributed by atoms with Crippen molar-refractivity contribution in [1.29, 1.82) is 0 Å². The van der Waals surface area contributed by atoms with Gasteiger partial charge in [0.15, 0.2) is 6.10 Å². The fourth-order valence-electron chi connectivity index (χ4n) is 10.4. The Bertz CT molecular complexity index is 1490. The Hall–Kier alpha value is -3.15. The van der Waals surface area contributed by atoms with Gasteiger partial charge in [0.25, 0.3) is 0 Å². The quantitative estimate of drug-likeness (QED) is 0.0261. The molecule has 0 aliphatic carbocycles. The maximum Gasteiger partial charge on any atom is 0.306 e. The Balaban J connectivity index is 4.30. The van der Waals surface area contributed by atoms with Crippen LogP contribution < -0.4 is 0 Å². The molecule has 0 heterocycles. The molecule has 0 aliphatic heterocycles. The molecule has 0 N–H and O–H groups in total. The minimum absolute atomic E-state index is 0.0727. The summed E-state index contributed by atoms with van der Waals surface area (Å²) in [6.07, 6.45) is 90.6. The Morgan fingerprint density at radius 3 is 0.753 bits per heavy atom. The van der Waals surface area contributed by atoms with Gasteiger partial charge in [-0.05, 0) is 89.9 Å². The number of esters is 3. The summed E-state index contributed by atoms with van der Waals surface area (Å²) >= 11 is 0. The van der Waals surface area contributed by atoms with Crippen LogP contribution in [0.25, 0.3) is 0 Å². The number of allylic oxidation sites excluding steroid dienone is 12. The van der Waals surface area contributed by atoms with Crippen molar-refractivity contribution < 1.29 is 28.6 Å². The molecule has 0 amide bonds. The molecule has 0 aromatic rings. The van der Waals surface area contributed by atoms with E-state index < -0.39 is 6.10 Å². The summed E-state index contributed by atoms with van der Waals surface area (Å²) < 4.78 is 17.0. The second-order valence-electron chi connectivity index (χ2n) is 23.8. The molecule has 470 valence electrons. The van der Waals surface area contributed by atoms with Crippen molar-refractivity contribution in [3.63, 3.8) is 0 Å². The van der Waals surface area contributed by atoms with Crippen molar-refractivity contribution in [1.82, 2.24) is 0 Å². The van der Waals surface area contributed by atoms with E-state index in [4.69, 9.17) is 14.2 Å². The van der Waals surface area contributed by atoms with Crippen LogP contribution in [-0.2, 0) is 28.6 Å². The van der Waals surface area contributed by atoms with Crippen LogP contribution in [0.3, 0.4) is 0 Å². The van der Waals surface area contributed by atoms with E-state index in [2.05, 4.69) is 93.7 Å². The van der Waals surface area contributed by atoms with Gasteiger partial charge < -0.3 is 14.2 Å². The fraction of sp³-hybridized carbons (Fsp3) is 0.800. The van der Waals surface area contributed by atoms with E-state index in [0.717, 1.165) is 89.9 Å². The second-order valence-corrected chi connectivity index (χ2v) is 23.8. The molecule has 81 heavy (non-hydrogen) atoms. The number of rotatable bonds is 65. The van der Waals surface area contributed by atoms with Gasteiger partial charge in [0.05, 0.1) is 0 Å². The standard InChI is InChI=1S/C75H134O6/c1-4-7-10-13-16-19-22-25-28-30-32-34-36-37-39-40-42-44-47-50-53-56-59-62-65-68-74(77)80-71-72(70-79-73(76)67-64-61-58-55-52-49-46-27-24-21-18-15-12-9-6-3)81-75(78)69-66-63-60-57-54-51-48-45-43-41-38-35-33-31-29-26-23-20-17-14-11-8-5-2/h8,11,17,20,22,25-26,29-30,32-33,35,72H,4-7,9-10,12-16,18-19,21,23-24,27-28,31,34,36-71H2,1-3H3/b11-8-,20-17-,25-22-,29-26-,32-30-,35-33-. The molecule has 0 aromatic heterocycles. The van der Waals surface area contributed by atoms with Crippen molar-refractivity contribution >= 4 is 17.9 Å². The van der Waals surface area contributed by atoms with Gasteiger partial charge in [-0.1, -0.05) is 331 Å². The van der Waals surface area contributed by atoms with E-state index in [1.165, 1.54) is 238 Å². The molecule has 0 rings (SSSR count). The van der Waals surface area contributed by atoms with Gasteiger partial charge in [-0.3, -0.25) is 14.4 Å². The van der Waals surface area contributed by atoms with Gasteiger partial charge in [0, 0.05) is 19.3 Å². The smallest absolute Gasteiger partial charge is 0.306 e. The van der Waals surface area contributed by atoms with Crippen LogP contribution in [0.2, 0.25) is 0 Å². The minimum Gasteiger partial charge on any atom is -0.462 e. The highest BCUT2D eigenvalue weighted by atomic mass is 16.6. The summed E-state index contributed by atoms with van der Waals surface area (Å²) in [5.41, 5.74) is 0. The third-order valence-corrected chi connectivity index (χ3v) is 15.7. The molecule has 0 saturated heterocycles. The van der Waals surface area contributed by atoms with Crippen molar-refractivity contribution in [2.75, 3.05) is 13.2 Å². The van der Waals surface area contributed by atoms with Gasteiger partial charge >= 0.3 is 17.9 Å². The monoisotopic (exact) mass is 1130 g/mol. The Morgan fingerprint density at radius 2 is 0.481 bits per heavy atom. The van der Waals surface area contributed by atoms with Crippen molar-refractivity contribution in [2.45, 2.75) is 374 Å². The van der Waals surface area contributed by atoms with Crippen LogP contribution >= 0.6 is 0 Å². The average molecular weight is 1130 g/mol. The molecule has 0 aliphatic rings. The van der Waals surface area contributed by atoms with Crippen molar-refractivity contribution in [3.8, 4) is 0 Å². The number of unbranched alkanes of at least 4 members (excludes halogenated alkanes) is 42. The Labute approximate surface area is 503 Å². The third kappa shape index (κ3) is 67.5. The van der Waals surface area contributed by atoms with Crippen LogP contribution in [-0.4, -0.2) is 37.2 Å². The highest BCUT2D eigenvalue weighted by molar-refractivity contribution is 5.71. The Morgan fingerprint density at radius 1 is 0.259 bits per heavy atom. The summed E-state index contributed by atoms with van der Waals surface area (Å²) in [5.74, 6) is -0.855. The summed E-state index contributed by atoms with van der Waals surface area (Å²) in [4.78, 5) is 38.5. The van der Waals surface area contributed by atoms with Crippen LogP contribution in [0.15, 0.2) is 72.9 Å². The molecule has 1 unspecified atom stereocenters. The maximum atomic E-state index is 13.0. The van der Waals surface area contributed by atoms with E-state index in [-0.39, 0.29) is 31.1 Å². The van der Waals surface area contributed by atoms with E-state index in [1.807, 2.05) is 0 Å². The number of carbonyl (C=O) groups excluding carboxylic acids is 3. The van der Waals surface area contributed by atoms with Gasteiger partial charge in [0.2, 0.25) is 0 Å². The third-order valence-electron chi connectivity index (χ3n) is 15.7. The first-order chi connectivity index (χ1) is 40.0. The number of hydrogen-bond donors (Lipinski definition) is 0. The van der Waals surface area contributed by atoms with E-state index in [1.54, 1.807) is 0 Å². The zero-order chi connectivity index (χ0) is 58.5. The number of carbonyl (C=O) groups is 3. The lowest BCUT2D eigenvalue weighted by atomic mass is 10.0. The van der Waals surface area contributed by atoms with Gasteiger partial charge in [-0.25, -0.2) is 0 Å². The normalized spacial score (nSPS) is 12.5. The lowest BCUT2D eigenvalue weighted by molar-refractivity contribution is -0.167. The van der Waals surface area contributed by atoms with Crippen LogP contribution in [0.5, 0.6) is 0 Å². The van der Waals surface area contributed by atoms with E-state index >= 15 is 0 Å². The van der Waals surface area contributed by atoms with Crippen LogP contribution in [0.4, 0.5) is 0 Å². The zero-order valence-electron chi connectivity index (χ0n) is 54.1. The van der Waals surface area contributed by atoms with Gasteiger partial charge in [-0.15, -0.1) is 0 Å². The summed E-state index contributed by atoms with van der Waals surface area (Å²) in [5, 5.41) is 0. The first kappa shape index (κ1) is 77.9. The van der Waals surface area contributed by atoms with Crippen molar-refractivity contribution in [2.24, 2.45) is 0 Å². The maximum absolute atomic E-state index is 13.0. The van der Waals surface area contributed by atoms with Gasteiger partial charge in [0.1, 0.15) is 13.2 Å². The lowest BCUT2D eigenvalue weighted by Crippen LogP contribution is -2.30. The fourth-order valence-corrected chi connectivity index (χ4v) is 10.4. The molecule has 6 nitrogen and oxygen atoms in total. The highest BCUT2D eigenvalue weighted by Crippen LogP contribution is 2.18. The SMILES string of the molecule is CC/C=C\C/C=C\C/C=C\C/C=C\CCCCCCCCCCCCC(=O)OC(COC(=O)CCCCCCCCCCCCCCC/C=C\C/C=C\CCCCCCC)COC(=O)CCCCCCCCCCCCCCCCC. The van der Waals surface area contributed by atoms with Gasteiger partial charge in [-0.2, -0.15) is 0 Å².